The third kappa shape index (κ3) is 1.60. The van der Waals surface area contributed by atoms with Gasteiger partial charge in [-0.15, -0.1) is 10.2 Å². The summed E-state index contributed by atoms with van der Waals surface area (Å²) in [6, 6.07) is 5.55. The first kappa shape index (κ1) is 10.5. The molecule has 16 heavy (non-hydrogen) atoms. The van der Waals surface area contributed by atoms with Gasteiger partial charge in [0.1, 0.15) is 17.4 Å². The second-order valence-corrected chi connectivity index (χ2v) is 3.55. The maximum Gasteiger partial charge on any atom is 0.134 e. The van der Waals surface area contributed by atoms with Gasteiger partial charge >= 0.3 is 0 Å². The molecule has 5 nitrogen and oxygen atoms in total. The van der Waals surface area contributed by atoms with E-state index in [0.29, 0.717) is 5.69 Å². The lowest BCUT2D eigenvalue weighted by Crippen LogP contribution is -2.03. The number of rotatable bonds is 2. The number of benzene rings is 1. The second-order valence-electron chi connectivity index (χ2n) is 3.55. The van der Waals surface area contributed by atoms with Crippen LogP contribution in [0, 0.1) is 13.8 Å². The monoisotopic (exact) mass is 218 g/mol. The average Bonchev–Trinajstić information content (AvgIpc) is 2.59. The molecule has 0 fully saturated rings. The molecule has 0 bridgehead atoms. The number of nitrogens with two attached hydrogens (primary N) is 1. The van der Waals surface area contributed by atoms with Crippen molar-refractivity contribution in [2.45, 2.75) is 13.8 Å². The molecule has 0 saturated carbocycles. The number of aromatic nitrogens is 3. The molecule has 0 spiro atoms. The largest absolute Gasteiger partial charge is 0.497 e. The summed E-state index contributed by atoms with van der Waals surface area (Å²) < 4.78 is 7.02. The van der Waals surface area contributed by atoms with Crippen LogP contribution < -0.4 is 10.5 Å². The highest BCUT2D eigenvalue weighted by Gasteiger charge is 2.10. The van der Waals surface area contributed by atoms with E-state index in [1.807, 2.05) is 30.5 Å². The quantitative estimate of drug-likeness (QED) is 0.775. The summed E-state index contributed by atoms with van der Waals surface area (Å²) in [6.45, 7) is 3.79. The van der Waals surface area contributed by atoms with Gasteiger partial charge in [0.25, 0.3) is 0 Å². The van der Waals surface area contributed by atoms with Crippen LogP contribution in [-0.2, 0) is 0 Å². The predicted molar refractivity (Wildman–Crippen MR) is 61.8 cm³/mol. The standard InChI is InChI=1S/C11H14N4O/c1-7-13-14-8(2)15(7)11-5-4-9(16-3)6-10(11)12/h4-6H,12H2,1-3H3. The van der Waals surface area contributed by atoms with Gasteiger partial charge in [0, 0.05) is 6.07 Å². The summed E-state index contributed by atoms with van der Waals surface area (Å²) in [5, 5.41) is 8.00. The average molecular weight is 218 g/mol. The molecule has 0 aliphatic carbocycles. The molecular formula is C11H14N4O. The molecule has 0 atom stereocenters. The molecule has 2 N–H and O–H groups in total. The maximum atomic E-state index is 5.97. The Morgan fingerprint density at radius 3 is 2.31 bits per heavy atom. The fraction of sp³-hybridized carbons (Fsp3) is 0.273. The molecule has 1 aromatic carbocycles. The van der Waals surface area contributed by atoms with Crippen molar-refractivity contribution in [3.05, 3.63) is 29.8 Å². The lowest BCUT2D eigenvalue weighted by molar-refractivity contribution is 0.415. The molecule has 84 valence electrons. The van der Waals surface area contributed by atoms with Crippen molar-refractivity contribution in [3.63, 3.8) is 0 Å². The number of nitrogen functional groups attached to an aromatic ring is 1. The molecular weight excluding hydrogens is 204 g/mol. The zero-order valence-electron chi connectivity index (χ0n) is 9.56. The Kier molecular flexibility index (Phi) is 2.52. The summed E-state index contributed by atoms with van der Waals surface area (Å²) in [5.74, 6) is 2.37. The van der Waals surface area contributed by atoms with Crippen molar-refractivity contribution in [1.82, 2.24) is 14.8 Å². The molecule has 0 radical (unpaired) electrons. The Bertz CT molecular complexity index is 499. The van der Waals surface area contributed by atoms with E-state index < -0.39 is 0 Å². The Labute approximate surface area is 93.9 Å². The first-order valence-corrected chi connectivity index (χ1v) is 4.96. The van der Waals surface area contributed by atoms with Crippen LogP contribution in [0.3, 0.4) is 0 Å². The molecule has 5 heteroatoms. The third-order valence-electron chi connectivity index (χ3n) is 2.46. The van der Waals surface area contributed by atoms with Crippen LogP contribution >= 0.6 is 0 Å². The van der Waals surface area contributed by atoms with Crippen molar-refractivity contribution in [2.24, 2.45) is 0 Å². The fourth-order valence-electron chi connectivity index (χ4n) is 1.68. The van der Waals surface area contributed by atoms with Crippen LogP contribution in [0.1, 0.15) is 11.6 Å². The zero-order chi connectivity index (χ0) is 11.7. The molecule has 0 aliphatic heterocycles. The number of ether oxygens (including phenoxy) is 1. The van der Waals surface area contributed by atoms with Crippen molar-refractivity contribution >= 4 is 5.69 Å². The number of nitrogens with zero attached hydrogens (tertiary/aromatic N) is 3. The minimum absolute atomic E-state index is 0.644. The third-order valence-corrected chi connectivity index (χ3v) is 2.46. The number of hydrogen-bond donors (Lipinski definition) is 1. The van der Waals surface area contributed by atoms with Crippen LogP contribution in [-0.4, -0.2) is 21.9 Å². The Morgan fingerprint density at radius 1 is 1.19 bits per heavy atom. The van der Waals surface area contributed by atoms with Crippen molar-refractivity contribution in [3.8, 4) is 11.4 Å². The van der Waals surface area contributed by atoms with Gasteiger partial charge < -0.3 is 10.5 Å². The highest BCUT2D eigenvalue weighted by molar-refractivity contribution is 5.61. The smallest absolute Gasteiger partial charge is 0.134 e. The molecule has 1 aromatic heterocycles. The van der Waals surface area contributed by atoms with Gasteiger partial charge in [-0.1, -0.05) is 0 Å². The zero-order valence-corrected chi connectivity index (χ0v) is 9.56. The van der Waals surface area contributed by atoms with E-state index >= 15 is 0 Å². The molecule has 1 heterocycles. The van der Waals surface area contributed by atoms with Gasteiger partial charge in [-0.25, -0.2) is 0 Å². The summed E-state index contributed by atoms with van der Waals surface area (Å²) in [4.78, 5) is 0. The molecule has 0 aliphatic rings. The van der Waals surface area contributed by atoms with Crippen LogP contribution in [0.5, 0.6) is 5.75 Å². The molecule has 2 aromatic rings. The normalized spacial score (nSPS) is 10.4. The van der Waals surface area contributed by atoms with E-state index in [2.05, 4.69) is 10.2 Å². The van der Waals surface area contributed by atoms with Crippen LogP contribution in [0.15, 0.2) is 18.2 Å². The Morgan fingerprint density at radius 2 is 1.81 bits per heavy atom. The van der Waals surface area contributed by atoms with E-state index in [9.17, 15) is 0 Å². The van der Waals surface area contributed by atoms with Gasteiger partial charge in [0.15, 0.2) is 0 Å². The summed E-state index contributed by atoms with van der Waals surface area (Å²) in [5.41, 5.74) is 7.49. The number of aryl methyl sites for hydroxylation is 2. The van der Waals surface area contributed by atoms with Gasteiger partial charge in [0.05, 0.1) is 18.5 Å². The highest BCUT2D eigenvalue weighted by Crippen LogP contribution is 2.24. The molecule has 0 amide bonds. The number of anilines is 1. The number of methoxy groups -OCH3 is 1. The summed E-state index contributed by atoms with van der Waals surface area (Å²) in [7, 11) is 1.61. The van der Waals surface area contributed by atoms with Gasteiger partial charge in [0.2, 0.25) is 0 Å². The maximum absolute atomic E-state index is 5.97. The van der Waals surface area contributed by atoms with Gasteiger partial charge in [-0.3, -0.25) is 4.57 Å². The van der Waals surface area contributed by atoms with Crippen molar-refractivity contribution < 1.29 is 4.74 Å². The van der Waals surface area contributed by atoms with Crippen LogP contribution in [0.4, 0.5) is 5.69 Å². The molecule has 2 rings (SSSR count). The summed E-state index contributed by atoms with van der Waals surface area (Å²) >= 11 is 0. The van der Waals surface area contributed by atoms with Gasteiger partial charge in [-0.05, 0) is 26.0 Å². The highest BCUT2D eigenvalue weighted by atomic mass is 16.5. The lowest BCUT2D eigenvalue weighted by atomic mass is 10.2. The van der Waals surface area contributed by atoms with E-state index in [0.717, 1.165) is 23.1 Å². The second kappa shape index (κ2) is 3.84. The van der Waals surface area contributed by atoms with Crippen LogP contribution in [0.25, 0.3) is 5.69 Å². The Hall–Kier alpha value is -2.04. The minimum Gasteiger partial charge on any atom is -0.497 e. The lowest BCUT2D eigenvalue weighted by Gasteiger charge is -2.10. The van der Waals surface area contributed by atoms with Crippen molar-refractivity contribution in [2.75, 3.05) is 12.8 Å². The van der Waals surface area contributed by atoms with E-state index in [-0.39, 0.29) is 0 Å². The first-order chi connectivity index (χ1) is 7.63. The minimum atomic E-state index is 0.644. The fourth-order valence-corrected chi connectivity index (χ4v) is 1.68. The first-order valence-electron chi connectivity index (χ1n) is 4.96. The SMILES string of the molecule is COc1ccc(-n2c(C)nnc2C)c(N)c1. The summed E-state index contributed by atoms with van der Waals surface area (Å²) in [6.07, 6.45) is 0. The van der Waals surface area contributed by atoms with E-state index in [4.69, 9.17) is 10.5 Å². The molecule has 0 saturated heterocycles. The number of hydrogen-bond acceptors (Lipinski definition) is 4. The Balaban J connectivity index is 2.57. The van der Waals surface area contributed by atoms with Gasteiger partial charge in [-0.2, -0.15) is 0 Å². The van der Waals surface area contributed by atoms with Crippen molar-refractivity contribution in [1.29, 1.82) is 0 Å². The van der Waals surface area contributed by atoms with E-state index in [1.165, 1.54) is 0 Å². The van der Waals surface area contributed by atoms with E-state index in [1.54, 1.807) is 13.2 Å². The molecule has 0 unspecified atom stereocenters. The van der Waals surface area contributed by atoms with Crippen LogP contribution in [0.2, 0.25) is 0 Å². The topological polar surface area (TPSA) is 66.0 Å². The predicted octanol–water partition coefficient (Wildman–Crippen LogP) is 1.47.